The second kappa shape index (κ2) is 8.20. The predicted molar refractivity (Wildman–Crippen MR) is 91.9 cm³/mol. The van der Waals surface area contributed by atoms with Gasteiger partial charge in [-0.1, -0.05) is 0 Å². The zero-order valence-electron chi connectivity index (χ0n) is 13.9. The van der Waals surface area contributed by atoms with Crippen molar-refractivity contribution in [2.75, 3.05) is 19.7 Å². The van der Waals surface area contributed by atoms with E-state index in [1.807, 2.05) is 4.90 Å². The molecule has 1 aromatic carbocycles. The van der Waals surface area contributed by atoms with Crippen molar-refractivity contribution in [2.45, 2.75) is 25.3 Å². The Kier molecular flexibility index (Phi) is 5.52. The standard InChI is InChI=1S/C18H21N5O2/c19-13-14-4-6-15(7-5-14)25-12-10-22-18(24)23-11-2-1-3-16(23)17-20-8-9-21-17/h4-9,16H,1-3,10-12H2,(H,20,21)(H,22,24)/t16-/m1/s1. The van der Waals surface area contributed by atoms with Gasteiger partial charge in [-0.05, 0) is 43.5 Å². The molecule has 0 bridgehead atoms. The lowest BCUT2D eigenvalue weighted by molar-refractivity contribution is 0.146. The summed E-state index contributed by atoms with van der Waals surface area (Å²) in [6, 6.07) is 8.88. The highest BCUT2D eigenvalue weighted by molar-refractivity contribution is 5.74. The second-order valence-electron chi connectivity index (χ2n) is 5.90. The Morgan fingerprint density at radius 3 is 2.96 bits per heavy atom. The number of imidazole rings is 1. The second-order valence-corrected chi connectivity index (χ2v) is 5.90. The van der Waals surface area contributed by atoms with Crippen LogP contribution in [0.4, 0.5) is 4.79 Å². The van der Waals surface area contributed by atoms with Crippen LogP contribution in [-0.2, 0) is 0 Å². The summed E-state index contributed by atoms with van der Waals surface area (Å²) in [5.74, 6) is 1.52. The molecule has 25 heavy (non-hydrogen) atoms. The number of benzene rings is 1. The third-order valence-electron chi connectivity index (χ3n) is 4.23. The molecule has 3 rings (SSSR count). The van der Waals surface area contributed by atoms with Gasteiger partial charge in [0.1, 0.15) is 18.2 Å². The number of likely N-dealkylation sites (tertiary alicyclic amines) is 1. The number of ether oxygens (including phenoxy) is 1. The van der Waals surface area contributed by atoms with Crippen molar-refractivity contribution < 1.29 is 9.53 Å². The smallest absolute Gasteiger partial charge is 0.318 e. The zero-order valence-corrected chi connectivity index (χ0v) is 13.9. The number of carbonyl (C=O) groups excluding carboxylic acids is 1. The zero-order chi connectivity index (χ0) is 17.5. The van der Waals surface area contributed by atoms with E-state index in [1.165, 1.54) is 0 Å². The van der Waals surface area contributed by atoms with Gasteiger partial charge in [-0.15, -0.1) is 0 Å². The van der Waals surface area contributed by atoms with Crippen molar-refractivity contribution in [1.82, 2.24) is 20.2 Å². The fraction of sp³-hybridized carbons (Fsp3) is 0.389. The van der Waals surface area contributed by atoms with Gasteiger partial charge >= 0.3 is 6.03 Å². The number of rotatable bonds is 5. The molecule has 7 heteroatoms. The third-order valence-corrected chi connectivity index (χ3v) is 4.23. The molecular weight excluding hydrogens is 318 g/mol. The van der Waals surface area contributed by atoms with Gasteiger partial charge in [-0.2, -0.15) is 5.26 Å². The van der Waals surface area contributed by atoms with E-state index >= 15 is 0 Å². The van der Waals surface area contributed by atoms with Crippen LogP contribution in [0, 0.1) is 11.3 Å². The van der Waals surface area contributed by atoms with Crippen LogP contribution in [0.1, 0.15) is 36.7 Å². The van der Waals surface area contributed by atoms with E-state index < -0.39 is 0 Å². The highest BCUT2D eigenvalue weighted by atomic mass is 16.5. The summed E-state index contributed by atoms with van der Waals surface area (Å²) in [6.45, 7) is 1.52. The SMILES string of the molecule is N#Cc1ccc(OCCNC(=O)N2CCCC[C@@H]2c2ncc[nH]2)cc1. The van der Waals surface area contributed by atoms with Crippen LogP contribution >= 0.6 is 0 Å². The molecule has 1 atom stereocenters. The van der Waals surface area contributed by atoms with E-state index in [0.29, 0.717) is 24.5 Å². The number of aromatic amines is 1. The molecular formula is C18H21N5O2. The molecule has 0 saturated carbocycles. The van der Waals surface area contributed by atoms with Crippen molar-refractivity contribution >= 4 is 6.03 Å². The summed E-state index contributed by atoms with van der Waals surface area (Å²) < 4.78 is 5.58. The molecule has 1 aliphatic heterocycles. The van der Waals surface area contributed by atoms with E-state index in [1.54, 1.807) is 36.7 Å². The van der Waals surface area contributed by atoms with Gasteiger partial charge in [0.05, 0.1) is 24.2 Å². The number of amides is 2. The molecule has 130 valence electrons. The Morgan fingerprint density at radius 1 is 1.40 bits per heavy atom. The van der Waals surface area contributed by atoms with E-state index in [-0.39, 0.29) is 12.1 Å². The lowest BCUT2D eigenvalue weighted by Crippen LogP contribution is -2.45. The first kappa shape index (κ1) is 16.8. The van der Waals surface area contributed by atoms with Gasteiger partial charge in [0, 0.05) is 18.9 Å². The Bertz CT molecular complexity index is 721. The molecule has 0 aliphatic carbocycles. The quantitative estimate of drug-likeness (QED) is 0.819. The topological polar surface area (TPSA) is 94.0 Å². The van der Waals surface area contributed by atoms with Crippen LogP contribution in [0.2, 0.25) is 0 Å². The molecule has 0 radical (unpaired) electrons. The molecule has 7 nitrogen and oxygen atoms in total. The normalized spacial score (nSPS) is 16.9. The highest BCUT2D eigenvalue weighted by Crippen LogP contribution is 2.28. The predicted octanol–water partition coefficient (Wildman–Crippen LogP) is 2.60. The summed E-state index contributed by atoms with van der Waals surface area (Å²) in [7, 11) is 0. The number of aromatic nitrogens is 2. The molecule has 1 saturated heterocycles. The molecule has 1 aromatic heterocycles. The van der Waals surface area contributed by atoms with Gasteiger partial charge < -0.3 is 19.9 Å². The summed E-state index contributed by atoms with van der Waals surface area (Å²) in [4.78, 5) is 21.7. The highest BCUT2D eigenvalue weighted by Gasteiger charge is 2.29. The van der Waals surface area contributed by atoms with Gasteiger partial charge in [-0.3, -0.25) is 0 Å². The van der Waals surface area contributed by atoms with Crippen LogP contribution < -0.4 is 10.1 Å². The van der Waals surface area contributed by atoms with Crippen molar-refractivity contribution in [2.24, 2.45) is 0 Å². The number of nitrogens with zero attached hydrogens (tertiary/aromatic N) is 3. The first-order valence-corrected chi connectivity index (χ1v) is 8.44. The van der Waals surface area contributed by atoms with E-state index in [9.17, 15) is 4.79 Å². The molecule has 1 fully saturated rings. The monoisotopic (exact) mass is 339 g/mol. The Labute approximate surface area is 146 Å². The van der Waals surface area contributed by atoms with E-state index in [4.69, 9.17) is 10.00 Å². The lowest BCUT2D eigenvalue weighted by Gasteiger charge is -2.34. The first-order chi connectivity index (χ1) is 12.3. The Morgan fingerprint density at radius 2 is 2.24 bits per heavy atom. The number of hydrogen-bond acceptors (Lipinski definition) is 4. The number of urea groups is 1. The maximum Gasteiger partial charge on any atom is 0.318 e. The molecule has 1 aliphatic rings. The number of piperidine rings is 1. The van der Waals surface area contributed by atoms with Crippen LogP contribution in [0.25, 0.3) is 0 Å². The number of nitrogens with one attached hydrogen (secondary N) is 2. The molecule has 0 unspecified atom stereocenters. The van der Waals surface area contributed by atoms with Crippen LogP contribution in [0.15, 0.2) is 36.7 Å². The van der Waals surface area contributed by atoms with Gasteiger partial charge in [0.25, 0.3) is 0 Å². The molecule has 2 amide bonds. The van der Waals surface area contributed by atoms with E-state index in [0.717, 1.165) is 31.6 Å². The molecule has 2 N–H and O–H groups in total. The van der Waals surface area contributed by atoms with Crippen molar-refractivity contribution in [1.29, 1.82) is 5.26 Å². The summed E-state index contributed by atoms with van der Waals surface area (Å²) >= 11 is 0. The first-order valence-electron chi connectivity index (χ1n) is 8.44. The average Bonchev–Trinajstić information content (AvgIpc) is 3.20. The van der Waals surface area contributed by atoms with Crippen LogP contribution in [-0.4, -0.2) is 40.6 Å². The van der Waals surface area contributed by atoms with Gasteiger partial charge in [0.15, 0.2) is 0 Å². The molecule has 2 heterocycles. The number of hydrogen-bond donors (Lipinski definition) is 2. The number of carbonyl (C=O) groups is 1. The molecule has 0 spiro atoms. The fourth-order valence-electron chi connectivity index (χ4n) is 2.97. The maximum atomic E-state index is 12.5. The Balaban J connectivity index is 1.47. The van der Waals surface area contributed by atoms with Crippen LogP contribution in [0.5, 0.6) is 5.75 Å². The average molecular weight is 339 g/mol. The summed E-state index contributed by atoms with van der Waals surface area (Å²) in [6.07, 6.45) is 6.52. The number of H-pyrrole nitrogens is 1. The Hall–Kier alpha value is -3.01. The number of nitriles is 1. The van der Waals surface area contributed by atoms with E-state index in [2.05, 4.69) is 21.4 Å². The maximum absolute atomic E-state index is 12.5. The lowest BCUT2D eigenvalue weighted by atomic mass is 10.0. The molecule has 2 aromatic rings. The van der Waals surface area contributed by atoms with Gasteiger partial charge in [0.2, 0.25) is 0 Å². The minimum absolute atomic E-state index is 0.00296. The van der Waals surface area contributed by atoms with Crippen molar-refractivity contribution in [3.63, 3.8) is 0 Å². The van der Waals surface area contributed by atoms with Crippen molar-refractivity contribution in [3.8, 4) is 11.8 Å². The van der Waals surface area contributed by atoms with Crippen molar-refractivity contribution in [3.05, 3.63) is 48.0 Å². The van der Waals surface area contributed by atoms with Crippen LogP contribution in [0.3, 0.4) is 0 Å². The summed E-state index contributed by atoms with van der Waals surface area (Å²) in [5.41, 5.74) is 0.592. The third kappa shape index (κ3) is 4.29. The van der Waals surface area contributed by atoms with Gasteiger partial charge in [-0.25, -0.2) is 9.78 Å². The fourth-order valence-corrected chi connectivity index (χ4v) is 2.97. The summed E-state index contributed by atoms with van der Waals surface area (Å²) in [5, 5.41) is 11.7. The minimum Gasteiger partial charge on any atom is -0.492 e. The largest absolute Gasteiger partial charge is 0.492 e. The minimum atomic E-state index is -0.0930.